The molecule has 2 aliphatic rings. The molecule has 2 aromatic rings. The Morgan fingerprint density at radius 1 is 1.04 bits per heavy atom. The molecule has 1 N–H and O–H groups in total. The Morgan fingerprint density at radius 3 is 2.54 bits per heavy atom. The monoisotopic (exact) mass is 461 g/mol. The molecule has 0 amide bonds. The average Bonchev–Trinajstić information content (AvgIpc) is 3.17. The maximum absolute atomic E-state index is 9.16. The molecule has 0 heterocycles. The van der Waals surface area contributed by atoms with Gasteiger partial charge in [0.25, 0.3) is 0 Å². The van der Waals surface area contributed by atoms with Crippen LogP contribution in [0.4, 0.5) is 0 Å². The zero-order valence-electron chi connectivity index (χ0n) is 14.7. The molecule has 4 heteroatoms. The zero-order valence-corrected chi connectivity index (χ0v) is 18.7. The van der Waals surface area contributed by atoms with Gasteiger partial charge in [-0.15, -0.1) is 0 Å². The summed E-state index contributed by atoms with van der Waals surface area (Å²) in [6, 6.07) is 13.5. The van der Waals surface area contributed by atoms with Gasteiger partial charge in [-0.2, -0.15) is 0 Å². The Hall–Kier alpha value is -0.657. The van der Waals surface area contributed by atoms with E-state index in [4.69, 9.17) is 5.11 Å². The molecule has 2 aliphatic carbocycles. The Morgan fingerprint density at radius 2 is 1.77 bits per heavy atom. The number of aliphatic hydroxyl groups is 1. The first kappa shape index (κ1) is 21.6. The van der Waals surface area contributed by atoms with Crippen molar-refractivity contribution in [2.45, 2.75) is 32.1 Å². The molecule has 1 unspecified atom stereocenters. The molecule has 4 rings (SSSR count). The van der Waals surface area contributed by atoms with Gasteiger partial charge in [0.05, 0.1) is 0 Å². The predicted molar refractivity (Wildman–Crippen MR) is 96.0 cm³/mol. The van der Waals surface area contributed by atoms with E-state index in [9.17, 15) is 0 Å². The van der Waals surface area contributed by atoms with Gasteiger partial charge in [0.1, 0.15) is 0 Å². The molecule has 0 fully saturated rings. The van der Waals surface area contributed by atoms with E-state index in [0.717, 1.165) is 19.3 Å². The normalized spacial score (nSPS) is 16.8. The predicted octanol–water partition coefficient (Wildman–Crippen LogP) is -1.52. The largest absolute Gasteiger partial charge is 1.00 e. The van der Waals surface area contributed by atoms with Gasteiger partial charge in [-0.1, -0.05) is 0 Å². The van der Waals surface area contributed by atoms with Crippen LogP contribution in [0.25, 0.3) is 16.7 Å². The first-order valence-corrected chi connectivity index (χ1v) is 9.93. The van der Waals surface area contributed by atoms with Gasteiger partial charge in [0.2, 0.25) is 0 Å². The van der Waals surface area contributed by atoms with Crippen molar-refractivity contribution in [3.05, 3.63) is 70.8 Å². The maximum atomic E-state index is 9.16. The van der Waals surface area contributed by atoms with Crippen molar-refractivity contribution < 1.29 is 54.6 Å². The van der Waals surface area contributed by atoms with Crippen LogP contribution >= 0.6 is 0 Å². The molecule has 1 nitrogen and oxygen atoms in total. The Bertz CT molecular complexity index is 870. The van der Waals surface area contributed by atoms with Crippen LogP contribution in [0, 0.1) is 0 Å². The Balaban J connectivity index is 0.00000121. The van der Waals surface area contributed by atoms with Gasteiger partial charge >= 0.3 is 159 Å². The minimum Gasteiger partial charge on any atom is -1.00 e. The van der Waals surface area contributed by atoms with Crippen LogP contribution in [0.15, 0.2) is 54.1 Å². The summed E-state index contributed by atoms with van der Waals surface area (Å²) in [6.07, 6.45) is 7.38. The van der Waals surface area contributed by atoms with Gasteiger partial charge in [-0.05, 0) is 0 Å². The molecule has 0 saturated heterocycles. The quantitative estimate of drug-likeness (QED) is 0.585. The molecule has 26 heavy (non-hydrogen) atoms. The van der Waals surface area contributed by atoms with Crippen LogP contribution in [0.2, 0.25) is 0 Å². The molecule has 0 bridgehead atoms. The number of halogens is 2. The number of hydrogen-bond acceptors (Lipinski definition) is 1. The molecule has 0 saturated carbocycles. The second kappa shape index (κ2) is 9.02. The van der Waals surface area contributed by atoms with Crippen LogP contribution in [0.1, 0.15) is 48.8 Å². The molecular weight excluding hydrogens is 442 g/mol. The van der Waals surface area contributed by atoms with Crippen molar-refractivity contribution in [3.63, 3.8) is 0 Å². The van der Waals surface area contributed by atoms with Crippen molar-refractivity contribution in [1.29, 1.82) is 0 Å². The smallest absolute Gasteiger partial charge is 1.00 e. The summed E-state index contributed by atoms with van der Waals surface area (Å²) < 4.78 is 1.52. The molecule has 133 valence electrons. The van der Waals surface area contributed by atoms with E-state index in [1.807, 2.05) is 0 Å². The second-order valence-electron chi connectivity index (χ2n) is 6.70. The van der Waals surface area contributed by atoms with Gasteiger partial charge in [-0.25, -0.2) is 0 Å². The number of allylic oxidation sites excluding steroid dienone is 4. The van der Waals surface area contributed by atoms with Crippen molar-refractivity contribution in [2.24, 2.45) is 0 Å². The minimum absolute atomic E-state index is 0. The molecule has 0 radical (unpaired) electrons. The van der Waals surface area contributed by atoms with Gasteiger partial charge in [0, 0.05) is 0 Å². The molecule has 0 spiro atoms. The zero-order chi connectivity index (χ0) is 16.7. The third kappa shape index (κ3) is 3.54. The van der Waals surface area contributed by atoms with Crippen LogP contribution in [0.3, 0.4) is 0 Å². The van der Waals surface area contributed by atoms with Gasteiger partial charge in [0.15, 0.2) is 0 Å². The molecule has 1 atom stereocenters. The number of hydrogen-bond donors (Lipinski definition) is 1. The van der Waals surface area contributed by atoms with Gasteiger partial charge < -0.3 is 24.8 Å². The van der Waals surface area contributed by atoms with Crippen molar-refractivity contribution in [2.75, 3.05) is 6.61 Å². The summed E-state index contributed by atoms with van der Waals surface area (Å²) in [4.78, 5) is 0. The summed E-state index contributed by atoms with van der Waals surface area (Å²) in [5.74, 6) is 0.487. The maximum Gasteiger partial charge on any atom is -1.00 e. The van der Waals surface area contributed by atoms with Crippen LogP contribution in [-0.2, 0) is 24.7 Å². The Labute approximate surface area is 183 Å². The fourth-order valence-corrected chi connectivity index (χ4v) is 5.61. The van der Waals surface area contributed by atoms with Crippen molar-refractivity contribution in [3.8, 4) is 11.1 Å². The summed E-state index contributed by atoms with van der Waals surface area (Å²) in [7, 11) is 0. The van der Waals surface area contributed by atoms with E-state index in [-0.39, 0.29) is 31.4 Å². The van der Waals surface area contributed by atoms with E-state index in [2.05, 4.69) is 55.5 Å². The summed E-state index contributed by atoms with van der Waals surface area (Å²) in [6.45, 7) is 2.61. The van der Waals surface area contributed by atoms with Crippen molar-refractivity contribution in [1.82, 2.24) is 0 Å². The number of fused-ring (bicyclic) bond motifs is 3. The molecule has 0 aliphatic heterocycles. The number of aliphatic hydroxyl groups excluding tert-OH is 1. The van der Waals surface area contributed by atoms with Crippen LogP contribution in [0.5, 0.6) is 0 Å². The fourth-order valence-electron chi connectivity index (χ4n) is 4.17. The molecular formula is C22H21Cl2OZr. The SMILES string of the molecule is CC1c2ccccc2-c2ccc(C3=C(CCCO)C=CC3)[c]([Zr+2])c21.[Cl-].[Cl-]. The van der Waals surface area contributed by atoms with Crippen LogP contribution < -0.4 is 28.1 Å². The van der Waals surface area contributed by atoms with E-state index < -0.39 is 0 Å². The second-order valence-corrected chi connectivity index (χ2v) is 7.92. The summed E-state index contributed by atoms with van der Waals surface area (Å²) in [5.41, 5.74) is 10.2. The van der Waals surface area contributed by atoms with E-state index >= 15 is 0 Å². The molecule has 2 aromatic carbocycles. The van der Waals surface area contributed by atoms with Crippen molar-refractivity contribution >= 4 is 8.84 Å². The minimum atomic E-state index is 0. The molecule has 0 aromatic heterocycles. The van der Waals surface area contributed by atoms with E-state index in [0.29, 0.717) is 5.92 Å². The van der Waals surface area contributed by atoms with Crippen LogP contribution in [-0.4, -0.2) is 11.7 Å². The fraction of sp³-hybridized carbons (Fsp3) is 0.273. The average molecular weight is 464 g/mol. The summed E-state index contributed by atoms with van der Waals surface area (Å²) in [5, 5.41) is 9.16. The summed E-state index contributed by atoms with van der Waals surface area (Å²) >= 11 is 1.49. The first-order valence-electron chi connectivity index (χ1n) is 8.70. The third-order valence-corrected chi connectivity index (χ3v) is 6.68. The Kier molecular flexibility index (Phi) is 7.51. The topological polar surface area (TPSA) is 20.2 Å². The number of benzene rings is 2. The first-order chi connectivity index (χ1) is 11.7. The van der Waals surface area contributed by atoms with Gasteiger partial charge in [-0.3, -0.25) is 0 Å². The van der Waals surface area contributed by atoms with E-state index in [1.54, 1.807) is 0 Å². The van der Waals surface area contributed by atoms with E-state index in [1.165, 1.54) is 67.0 Å². The standard InChI is InChI=1S/C22H21O.2ClH.Zr/c1-15-18-8-2-3-9-20(18)21-12-11-17(14-22(15)21)19-10-4-6-16(19)7-5-13-23;;;/h2-4,6,8-9,11-12,15,23H,5,7,10,13H2,1H3;2*1H;/q;;;+2/p-2. The number of rotatable bonds is 4. The third-order valence-electron chi connectivity index (χ3n) is 5.35.